The van der Waals surface area contributed by atoms with Crippen molar-refractivity contribution < 1.29 is 9.53 Å². The zero-order valence-electron chi connectivity index (χ0n) is 7.62. The second-order valence-electron chi connectivity index (χ2n) is 3.26. The number of rotatable bonds is 2. The Balaban J connectivity index is 2.45. The van der Waals surface area contributed by atoms with Crippen LogP contribution >= 0.6 is 0 Å². The molecule has 2 N–H and O–H groups in total. The zero-order valence-corrected chi connectivity index (χ0v) is 7.62. The van der Waals surface area contributed by atoms with Gasteiger partial charge < -0.3 is 15.4 Å². The molecule has 0 aliphatic carbocycles. The molecule has 2 atom stereocenters. The second kappa shape index (κ2) is 3.87. The fourth-order valence-electron chi connectivity index (χ4n) is 1.33. The molecule has 0 aromatic carbocycles. The van der Waals surface area contributed by atoms with Gasteiger partial charge in [0.1, 0.15) is 0 Å². The van der Waals surface area contributed by atoms with Crippen molar-refractivity contribution in [1.82, 2.24) is 4.90 Å². The molecule has 1 aliphatic heterocycles. The van der Waals surface area contributed by atoms with Gasteiger partial charge in [0.15, 0.2) is 0 Å². The zero-order chi connectivity index (χ0) is 9.14. The van der Waals surface area contributed by atoms with Crippen molar-refractivity contribution in [3.05, 3.63) is 0 Å². The Morgan fingerprint density at radius 1 is 1.75 bits per heavy atom. The molecule has 0 spiro atoms. The molecule has 1 unspecified atom stereocenters. The summed E-state index contributed by atoms with van der Waals surface area (Å²) in [5.74, 6) is -0.00880. The first-order chi connectivity index (χ1) is 5.63. The highest BCUT2D eigenvalue weighted by atomic mass is 16.5. The van der Waals surface area contributed by atoms with Gasteiger partial charge in [0.25, 0.3) is 0 Å². The molecule has 1 saturated heterocycles. The van der Waals surface area contributed by atoms with Gasteiger partial charge in [-0.25, -0.2) is 0 Å². The maximum atomic E-state index is 11.4. The fourth-order valence-corrected chi connectivity index (χ4v) is 1.33. The van der Waals surface area contributed by atoms with E-state index in [1.807, 2.05) is 0 Å². The number of nitrogens with zero attached hydrogens (tertiary/aromatic N) is 1. The average molecular weight is 172 g/mol. The number of hydrogen-bond acceptors (Lipinski definition) is 3. The molecule has 0 aromatic rings. The van der Waals surface area contributed by atoms with Crippen LogP contribution in [0.25, 0.3) is 0 Å². The first-order valence-electron chi connectivity index (χ1n) is 4.23. The molecule has 1 aliphatic rings. The van der Waals surface area contributed by atoms with Crippen LogP contribution in [-0.2, 0) is 9.53 Å². The standard InChI is InChI=1S/C8H16N2O2/c1-6(9)8(11)10(2)7-3-4-12-5-7/h6-7H,3-5,9H2,1-2H3/t6-,7?/m1/s1. The molecule has 1 rings (SSSR count). The number of carbonyl (C=O) groups is 1. The molecule has 1 heterocycles. The highest BCUT2D eigenvalue weighted by Crippen LogP contribution is 2.10. The van der Waals surface area contributed by atoms with Crippen LogP contribution in [0.4, 0.5) is 0 Å². The molecule has 0 saturated carbocycles. The minimum atomic E-state index is -0.407. The number of ether oxygens (including phenoxy) is 1. The average Bonchev–Trinajstić information content (AvgIpc) is 2.53. The summed E-state index contributed by atoms with van der Waals surface area (Å²) in [6.07, 6.45) is 0.926. The summed E-state index contributed by atoms with van der Waals surface area (Å²) in [7, 11) is 1.78. The van der Waals surface area contributed by atoms with Gasteiger partial charge in [0.2, 0.25) is 5.91 Å². The largest absolute Gasteiger partial charge is 0.379 e. The van der Waals surface area contributed by atoms with E-state index in [-0.39, 0.29) is 11.9 Å². The van der Waals surface area contributed by atoms with Crippen LogP contribution in [0.5, 0.6) is 0 Å². The molecule has 1 fully saturated rings. The van der Waals surface area contributed by atoms with Crippen LogP contribution in [0.15, 0.2) is 0 Å². The molecular weight excluding hydrogens is 156 g/mol. The topological polar surface area (TPSA) is 55.6 Å². The molecule has 0 aromatic heterocycles. The Hall–Kier alpha value is -0.610. The van der Waals surface area contributed by atoms with Crippen molar-refractivity contribution in [2.24, 2.45) is 5.73 Å². The van der Waals surface area contributed by atoms with E-state index < -0.39 is 6.04 Å². The third-order valence-electron chi connectivity index (χ3n) is 2.19. The fraction of sp³-hybridized carbons (Fsp3) is 0.875. The van der Waals surface area contributed by atoms with Crippen molar-refractivity contribution in [1.29, 1.82) is 0 Å². The van der Waals surface area contributed by atoms with Crippen LogP contribution in [0.1, 0.15) is 13.3 Å². The Kier molecular flexibility index (Phi) is 3.05. The normalized spacial score (nSPS) is 25.4. The molecule has 4 nitrogen and oxygen atoms in total. The van der Waals surface area contributed by atoms with Crippen LogP contribution in [0, 0.1) is 0 Å². The van der Waals surface area contributed by atoms with Crippen molar-refractivity contribution in [2.75, 3.05) is 20.3 Å². The number of hydrogen-bond donors (Lipinski definition) is 1. The Morgan fingerprint density at radius 3 is 2.83 bits per heavy atom. The van der Waals surface area contributed by atoms with E-state index in [1.165, 1.54) is 0 Å². The van der Waals surface area contributed by atoms with Crippen LogP contribution < -0.4 is 5.73 Å². The van der Waals surface area contributed by atoms with Crippen molar-refractivity contribution in [3.8, 4) is 0 Å². The van der Waals surface area contributed by atoms with Gasteiger partial charge in [-0.3, -0.25) is 4.79 Å². The van der Waals surface area contributed by atoms with E-state index in [9.17, 15) is 4.79 Å². The SMILES string of the molecule is C[C@@H](N)C(=O)N(C)C1CCOC1. The maximum absolute atomic E-state index is 11.4. The Morgan fingerprint density at radius 2 is 2.42 bits per heavy atom. The molecular formula is C8H16N2O2. The monoisotopic (exact) mass is 172 g/mol. The van der Waals surface area contributed by atoms with E-state index in [0.29, 0.717) is 6.61 Å². The first kappa shape index (κ1) is 9.48. The van der Waals surface area contributed by atoms with Crippen molar-refractivity contribution >= 4 is 5.91 Å². The van der Waals surface area contributed by atoms with Gasteiger partial charge in [0.05, 0.1) is 18.7 Å². The lowest BCUT2D eigenvalue weighted by Crippen LogP contribution is -2.45. The lowest BCUT2D eigenvalue weighted by Gasteiger charge is -2.24. The molecule has 1 amide bonds. The maximum Gasteiger partial charge on any atom is 0.239 e. The van der Waals surface area contributed by atoms with Gasteiger partial charge in [0, 0.05) is 13.7 Å². The van der Waals surface area contributed by atoms with E-state index in [4.69, 9.17) is 10.5 Å². The van der Waals surface area contributed by atoms with Gasteiger partial charge >= 0.3 is 0 Å². The molecule has 12 heavy (non-hydrogen) atoms. The summed E-state index contributed by atoms with van der Waals surface area (Å²) in [6, 6.07) is -0.181. The smallest absolute Gasteiger partial charge is 0.239 e. The summed E-state index contributed by atoms with van der Waals surface area (Å²) in [6.45, 7) is 3.10. The third-order valence-corrected chi connectivity index (χ3v) is 2.19. The Labute approximate surface area is 72.7 Å². The van der Waals surface area contributed by atoms with Gasteiger partial charge in [-0.2, -0.15) is 0 Å². The Bertz CT molecular complexity index is 164. The van der Waals surface area contributed by atoms with Gasteiger partial charge in [-0.05, 0) is 13.3 Å². The van der Waals surface area contributed by atoms with Gasteiger partial charge in [-0.15, -0.1) is 0 Å². The van der Waals surface area contributed by atoms with E-state index >= 15 is 0 Å². The minimum absolute atomic E-state index is 0.00880. The third kappa shape index (κ3) is 1.95. The highest BCUT2D eigenvalue weighted by molar-refractivity contribution is 5.81. The number of amides is 1. The molecule has 70 valence electrons. The van der Waals surface area contributed by atoms with E-state index in [2.05, 4.69) is 0 Å². The molecule has 0 radical (unpaired) electrons. The summed E-state index contributed by atoms with van der Waals surface area (Å²) in [4.78, 5) is 13.1. The van der Waals surface area contributed by atoms with Gasteiger partial charge in [-0.1, -0.05) is 0 Å². The number of carbonyl (C=O) groups excluding carboxylic acids is 1. The summed E-state index contributed by atoms with van der Waals surface area (Å²) >= 11 is 0. The number of nitrogens with two attached hydrogens (primary N) is 1. The minimum Gasteiger partial charge on any atom is -0.379 e. The predicted octanol–water partition coefficient (Wildman–Crippen LogP) is -0.419. The molecule has 4 heteroatoms. The molecule has 0 bridgehead atoms. The van der Waals surface area contributed by atoms with Crippen LogP contribution in [-0.4, -0.2) is 43.2 Å². The highest BCUT2D eigenvalue weighted by Gasteiger charge is 2.25. The summed E-state index contributed by atoms with van der Waals surface area (Å²) in [5.41, 5.74) is 5.47. The lowest BCUT2D eigenvalue weighted by molar-refractivity contribution is -0.132. The predicted molar refractivity (Wildman–Crippen MR) is 45.6 cm³/mol. The second-order valence-corrected chi connectivity index (χ2v) is 3.26. The van der Waals surface area contributed by atoms with Crippen molar-refractivity contribution in [2.45, 2.75) is 25.4 Å². The van der Waals surface area contributed by atoms with Crippen LogP contribution in [0.3, 0.4) is 0 Å². The summed E-state index contributed by atoms with van der Waals surface area (Å²) in [5, 5.41) is 0. The van der Waals surface area contributed by atoms with E-state index in [0.717, 1.165) is 13.0 Å². The first-order valence-corrected chi connectivity index (χ1v) is 4.23. The quantitative estimate of drug-likeness (QED) is 0.615. The number of likely N-dealkylation sites (N-methyl/N-ethyl adjacent to an activating group) is 1. The lowest BCUT2D eigenvalue weighted by atomic mass is 10.2. The van der Waals surface area contributed by atoms with Crippen molar-refractivity contribution in [3.63, 3.8) is 0 Å². The van der Waals surface area contributed by atoms with Crippen LogP contribution in [0.2, 0.25) is 0 Å². The summed E-state index contributed by atoms with van der Waals surface area (Å²) < 4.78 is 5.17. The van der Waals surface area contributed by atoms with E-state index in [1.54, 1.807) is 18.9 Å².